The summed E-state index contributed by atoms with van der Waals surface area (Å²) in [5.74, 6) is -0.834. The first-order valence-electron chi connectivity index (χ1n) is 7.00. The summed E-state index contributed by atoms with van der Waals surface area (Å²) in [4.78, 5) is 20.4. The Morgan fingerprint density at radius 1 is 1.33 bits per heavy atom. The number of carbonyl (C=O) groups excluding carboxylic acids is 1. The zero-order valence-electron chi connectivity index (χ0n) is 12.7. The Morgan fingerprint density at radius 2 is 2.08 bits per heavy atom. The van der Waals surface area contributed by atoms with Crippen LogP contribution in [0, 0.1) is 12.7 Å². The fourth-order valence-electron chi connectivity index (χ4n) is 2.21. The first kappa shape index (κ1) is 16.6. The van der Waals surface area contributed by atoms with Gasteiger partial charge in [-0.1, -0.05) is 23.2 Å². The van der Waals surface area contributed by atoms with Crippen molar-refractivity contribution in [3.05, 3.63) is 57.3 Å². The number of carbonyl (C=O) groups is 1. The van der Waals surface area contributed by atoms with Crippen LogP contribution in [0.2, 0.25) is 10.0 Å². The van der Waals surface area contributed by atoms with E-state index in [0.717, 1.165) is 5.69 Å². The molecule has 3 rings (SSSR count). The van der Waals surface area contributed by atoms with Gasteiger partial charge < -0.3 is 5.32 Å². The molecule has 9 heteroatoms. The molecule has 0 bridgehead atoms. The molecule has 0 aliphatic carbocycles. The average molecular weight is 368 g/mol. The summed E-state index contributed by atoms with van der Waals surface area (Å²) in [6.45, 7) is 3.50. The summed E-state index contributed by atoms with van der Waals surface area (Å²) < 4.78 is 15.1. The van der Waals surface area contributed by atoms with Gasteiger partial charge in [0.1, 0.15) is 5.82 Å². The molecule has 3 aromatic rings. The molecule has 1 unspecified atom stereocenters. The van der Waals surface area contributed by atoms with Gasteiger partial charge in [0, 0.05) is 16.9 Å². The highest BCUT2D eigenvalue weighted by atomic mass is 35.5. The van der Waals surface area contributed by atoms with Gasteiger partial charge >= 0.3 is 0 Å². The van der Waals surface area contributed by atoms with Crippen molar-refractivity contribution in [2.75, 3.05) is 0 Å². The third-order valence-corrected chi connectivity index (χ3v) is 4.10. The zero-order valence-corrected chi connectivity index (χ0v) is 14.2. The average Bonchev–Trinajstić information content (AvgIpc) is 2.96. The summed E-state index contributed by atoms with van der Waals surface area (Å²) in [5, 5.41) is 6.98. The van der Waals surface area contributed by atoms with Gasteiger partial charge in [-0.2, -0.15) is 4.98 Å². The van der Waals surface area contributed by atoms with Crippen LogP contribution in [0.1, 0.15) is 34.8 Å². The minimum absolute atomic E-state index is 0.0331. The highest BCUT2D eigenvalue weighted by molar-refractivity contribution is 6.35. The van der Waals surface area contributed by atoms with E-state index in [4.69, 9.17) is 23.2 Å². The maximum Gasteiger partial charge on any atom is 0.291 e. The summed E-state index contributed by atoms with van der Waals surface area (Å²) in [7, 11) is 0. The van der Waals surface area contributed by atoms with Crippen molar-refractivity contribution in [2.45, 2.75) is 19.9 Å². The van der Waals surface area contributed by atoms with Crippen LogP contribution in [-0.4, -0.2) is 25.5 Å². The molecule has 0 fully saturated rings. The van der Waals surface area contributed by atoms with E-state index >= 15 is 0 Å². The number of halogens is 3. The quantitative estimate of drug-likeness (QED) is 0.720. The van der Waals surface area contributed by atoms with Crippen LogP contribution < -0.4 is 5.32 Å². The van der Waals surface area contributed by atoms with Crippen molar-refractivity contribution in [3.63, 3.8) is 0 Å². The van der Waals surface area contributed by atoms with Crippen molar-refractivity contribution in [1.82, 2.24) is 24.9 Å². The van der Waals surface area contributed by atoms with E-state index in [1.165, 1.54) is 16.6 Å². The van der Waals surface area contributed by atoms with E-state index in [2.05, 4.69) is 20.4 Å². The molecule has 1 N–H and O–H groups in total. The third-order valence-electron chi connectivity index (χ3n) is 3.49. The lowest BCUT2D eigenvalue weighted by Crippen LogP contribution is -2.28. The molecule has 1 aromatic carbocycles. The third kappa shape index (κ3) is 3.05. The van der Waals surface area contributed by atoms with Crippen LogP contribution in [0.15, 0.2) is 24.4 Å². The molecule has 2 heterocycles. The van der Waals surface area contributed by atoms with Gasteiger partial charge in [-0.25, -0.2) is 13.9 Å². The second kappa shape index (κ2) is 6.33. The van der Waals surface area contributed by atoms with Gasteiger partial charge in [-0.05, 0) is 37.6 Å². The van der Waals surface area contributed by atoms with Crippen molar-refractivity contribution >= 4 is 34.9 Å². The summed E-state index contributed by atoms with van der Waals surface area (Å²) >= 11 is 11.7. The summed E-state index contributed by atoms with van der Waals surface area (Å²) in [6, 6.07) is 3.69. The molecule has 0 aliphatic rings. The van der Waals surface area contributed by atoms with E-state index in [1.807, 2.05) is 6.92 Å². The van der Waals surface area contributed by atoms with Crippen LogP contribution in [0.3, 0.4) is 0 Å². The molecule has 1 amide bonds. The number of fused-ring (bicyclic) bond motifs is 1. The van der Waals surface area contributed by atoms with E-state index in [1.54, 1.807) is 19.2 Å². The number of nitrogens with one attached hydrogen (secondary N) is 1. The van der Waals surface area contributed by atoms with Crippen LogP contribution >= 0.6 is 23.2 Å². The van der Waals surface area contributed by atoms with Crippen molar-refractivity contribution < 1.29 is 9.18 Å². The van der Waals surface area contributed by atoms with Crippen LogP contribution in [0.5, 0.6) is 0 Å². The van der Waals surface area contributed by atoms with Gasteiger partial charge in [0.15, 0.2) is 0 Å². The molecular formula is C15H12Cl2FN5O. The Labute approximate surface area is 146 Å². The minimum Gasteiger partial charge on any atom is -0.343 e. The van der Waals surface area contributed by atoms with Crippen molar-refractivity contribution in [1.29, 1.82) is 0 Å². The maximum absolute atomic E-state index is 13.6. The minimum atomic E-state index is -0.608. The molecule has 124 valence electrons. The van der Waals surface area contributed by atoms with Gasteiger partial charge in [0.2, 0.25) is 5.82 Å². The predicted octanol–water partition coefficient (Wildman–Crippen LogP) is 3.37. The number of rotatable bonds is 3. The summed E-state index contributed by atoms with van der Waals surface area (Å²) in [5.41, 5.74) is 1.20. The number of benzene rings is 1. The first-order valence-corrected chi connectivity index (χ1v) is 7.76. The fourth-order valence-corrected chi connectivity index (χ4v) is 2.76. The van der Waals surface area contributed by atoms with Gasteiger partial charge in [-0.15, -0.1) is 5.10 Å². The smallest absolute Gasteiger partial charge is 0.291 e. The number of nitrogens with zero attached hydrogens (tertiary/aromatic N) is 4. The Balaban J connectivity index is 1.85. The van der Waals surface area contributed by atoms with Crippen molar-refractivity contribution in [3.8, 4) is 0 Å². The normalized spacial score (nSPS) is 12.4. The van der Waals surface area contributed by atoms with Crippen LogP contribution in [-0.2, 0) is 0 Å². The lowest BCUT2D eigenvalue weighted by Gasteiger charge is -2.15. The van der Waals surface area contributed by atoms with E-state index in [0.29, 0.717) is 11.3 Å². The largest absolute Gasteiger partial charge is 0.343 e. The monoisotopic (exact) mass is 367 g/mol. The second-order valence-corrected chi connectivity index (χ2v) is 6.03. The highest BCUT2D eigenvalue weighted by Crippen LogP contribution is 2.28. The SMILES string of the molecule is Cc1ccnc2nc(C(=O)NC(C)c3cc(F)c(Cl)cc3Cl)nn12. The number of hydrogen-bond acceptors (Lipinski definition) is 4. The maximum atomic E-state index is 13.6. The molecule has 0 aliphatic heterocycles. The zero-order chi connectivity index (χ0) is 17.4. The molecule has 0 radical (unpaired) electrons. The Hall–Kier alpha value is -2.25. The van der Waals surface area contributed by atoms with Gasteiger partial charge in [0.05, 0.1) is 11.1 Å². The standard InChI is InChI=1S/C15H12Cl2FN5O/c1-7-3-4-19-15-21-13(22-23(7)15)14(24)20-8(2)9-5-12(18)11(17)6-10(9)16/h3-6,8H,1-2H3,(H,20,24). The highest BCUT2D eigenvalue weighted by Gasteiger charge is 2.19. The predicted molar refractivity (Wildman–Crippen MR) is 87.8 cm³/mol. The number of amides is 1. The van der Waals surface area contributed by atoms with Gasteiger partial charge in [0.25, 0.3) is 11.7 Å². The van der Waals surface area contributed by atoms with Gasteiger partial charge in [-0.3, -0.25) is 4.79 Å². The topological polar surface area (TPSA) is 72.2 Å². The fraction of sp³-hybridized carbons (Fsp3) is 0.200. The molecule has 24 heavy (non-hydrogen) atoms. The number of aromatic nitrogens is 4. The molecule has 2 aromatic heterocycles. The van der Waals surface area contributed by atoms with Crippen molar-refractivity contribution in [2.24, 2.45) is 0 Å². The van der Waals surface area contributed by atoms with Crippen LogP contribution in [0.25, 0.3) is 5.78 Å². The molecule has 6 nitrogen and oxygen atoms in total. The van der Waals surface area contributed by atoms with E-state index in [9.17, 15) is 9.18 Å². The Kier molecular flexibility index (Phi) is 4.38. The Bertz CT molecular complexity index is 943. The van der Waals surface area contributed by atoms with E-state index in [-0.39, 0.29) is 15.9 Å². The molecule has 0 spiro atoms. The Morgan fingerprint density at radius 3 is 2.79 bits per heavy atom. The first-order chi connectivity index (χ1) is 11.4. The van der Waals surface area contributed by atoms with E-state index < -0.39 is 17.8 Å². The molecule has 0 saturated carbocycles. The van der Waals surface area contributed by atoms with Crippen LogP contribution in [0.4, 0.5) is 4.39 Å². The lowest BCUT2D eigenvalue weighted by atomic mass is 10.1. The molecule has 1 atom stereocenters. The number of hydrogen-bond donors (Lipinski definition) is 1. The number of aryl methyl sites for hydroxylation is 1. The second-order valence-electron chi connectivity index (χ2n) is 5.22. The molecule has 0 saturated heterocycles. The lowest BCUT2D eigenvalue weighted by molar-refractivity contribution is 0.0929. The molecular weight excluding hydrogens is 356 g/mol. The summed E-state index contributed by atoms with van der Waals surface area (Å²) in [6.07, 6.45) is 1.58.